The molecule has 0 saturated heterocycles. The predicted molar refractivity (Wildman–Crippen MR) is 222 cm³/mol. The molecule has 0 spiro atoms. The van der Waals surface area contributed by atoms with Gasteiger partial charge in [-0.25, -0.2) is 4.79 Å². The molecular formula is C36H24N8O17S4. The molecule has 0 bridgehead atoms. The quantitative estimate of drug-likeness (QED) is 0.0442. The lowest BCUT2D eigenvalue weighted by Gasteiger charge is -2.09. The standard InChI is InChI=1S/C36H24N8O17S4/c45-28-15-21(38-37-19-3-1-17-11-24(63(53,54)55)16-29(25(17)13-19)64(56,57)58)5-10-27(28)40-41-31-30(65(59,60)61)12-18-2-4-20(14-26(18)34(31)46)39-42-32-33(36(48)49)43-44(35(32)47)22-6-8-23(9-7-22)62(50,51)52/h1-16,45-47H,(H,48,49)(H,50,51,52)(H,53,54,55)(H,56,57,58)(H,59,60,61). The molecule has 0 unspecified atom stereocenters. The molecule has 7 rings (SSSR count). The number of nitrogens with zero attached hydrogens (tertiary/aromatic N) is 8. The number of hydrogen-bond acceptors (Lipinski definition) is 19. The molecule has 25 nitrogen and oxygen atoms in total. The lowest BCUT2D eigenvalue weighted by Crippen LogP contribution is -2.04. The van der Waals surface area contributed by atoms with Crippen molar-refractivity contribution in [2.45, 2.75) is 19.6 Å². The average Bonchev–Trinajstić information content (AvgIpc) is 3.56. The Balaban J connectivity index is 1.19. The maximum absolute atomic E-state index is 12.4. The van der Waals surface area contributed by atoms with E-state index in [1.165, 1.54) is 30.3 Å². The Morgan fingerprint density at radius 3 is 1.58 bits per heavy atom. The Hall–Kier alpha value is -7.64. The van der Waals surface area contributed by atoms with Crippen molar-refractivity contribution >= 4 is 102 Å². The van der Waals surface area contributed by atoms with Crippen LogP contribution in [0.2, 0.25) is 0 Å². The van der Waals surface area contributed by atoms with E-state index in [2.05, 4.69) is 35.8 Å². The molecule has 0 amide bonds. The third kappa shape index (κ3) is 9.51. The number of fused-ring (bicyclic) bond motifs is 2. The first-order chi connectivity index (χ1) is 30.3. The number of carbonyl (C=O) groups is 1. The zero-order valence-corrected chi connectivity index (χ0v) is 35.0. The number of rotatable bonds is 12. The summed E-state index contributed by atoms with van der Waals surface area (Å²) in [5, 5.41) is 69.1. The van der Waals surface area contributed by atoms with Crippen LogP contribution in [0.5, 0.6) is 17.4 Å². The van der Waals surface area contributed by atoms with Crippen LogP contribution in [0.3, 0.4) is 0 Å². The number of aromatic carboxylic acids is 1. The van der Waals surface area contributed by atoms with E-state index in [4.69, 9.17) is 0 Å². The molecule has 0 radical (unpaired) electrons. The molecule has 0 aliphatic rings. The second kappa shape index (κ2) is 16.5. The van der Waals surface area contributed by atoms with Crippen LogP contribution in [0.15, 0.2) is 147 Å². The fraction of sp³-hybridized carbons (Fsp3) is 0. The van der Waals surface area contributed by atoms with Crippen molar-refractivity contribution in [3.63, 3.8) is 0 Å². The molecule has 1 heterocycles. The highest BCUT2D eigenvalue weighted by molar-refractivity contribution is 7.87. The van der Waals surface area contributed by atoms with Crippen LogP contribution in [0, 0.1) is 0 Å². The first-order valence-corrected chi connectivity index (χ1v) is 23.1. The van der Waals surface area contributed by atoms with E-state index in [0.717, 1.165) is 60.7 Å². The Labute approximate surface area is 363 Å². The van der Waals surface area contributed by atoms with Crippen LogP contribution in [0.25, 0.3) is 27.2 Å². The average molecular weight is 969 g/mol. The van der Waals surface area contributed by atoms with Crippen LogP contribution in [0.1, 0.15) is 10.5 Å². The van der Waals surface area contributed by atoms with Crippen molar-refractivity contribution < 1.29 is 77.1 Å². The summed E-state index contributed by atoms with van der Waals surface area (Å²) >= 11 is 0. The third-order valence-corrected chi connectivity index (χ3v) is 12.4. The van der Waals surface area contributed by atoms with E-state index in [9.17, 15) is 77.1 Å². The molecule has 0 aliphatic heterocycles. The van der Waals surface area contributed by atoms with Crippen molar-refractivity contribution in [3.05, 3.63) is 103 Å². The highest BCUT2D eigenvalue weighted by Gasteiger charge is 2.26. The number of carboxylic acid groups (broad SMARTS) is 1. The monoisotopic (exact) mass is 968 g/mol. The number of carboxylic acids is 1. The van der Waals surface area contributed by atoms with Gasteiger partial charge in [-0.1, -0.05) is 12.1 Å². The lowest BCUT2D eigenvalue weighted by atomic mass is 10.1. The number of phenols is 2. The van der Waals surface area contributed by atoms with Gasteiger partial charge in [-0.3, -0.25) is 18.2 Å². The van der Waals surface area contributed by atoms with E-state index >= 15 is 0 Å². The summed E-state index contributed by atoms with van der Waals surface area (Å²) < 4.78 is 134. The van der Waals surface area contributed by atoms with Gasteiger partial charge in [0.25, 0.3) is 40.5 Å². The SMILES string of the molecule is O=C(O)c1nn(-c2ccc(S(=O)(=O)O)cc2)c(O)c1N=Nc1ccc2cc(S(=O)(=O)O)c(N=Nc3ccc(N=Nc4ccc5cc(S(=O)(=O)O)cc(S(=O)(=O)O)c5c4)cc3O)c(O)c2c1. The molecular weight excluding hydrogens is 945 g/mol. The van der Waals surface area contributed by atoms with Crippen LogP contribution < -0.4 is 0 Å². The molecule has 0 saturated carbocycles. The van der Waals surface area contributed by atoms with Crippen molar-refractivity contribution in [2.24, 2.45) is 30.7 Å². The summed E-state index contributed by atoms with van der Waals surface area (Å²) in [6.45, 7) is 0. The minimum atomic E-state index is -5.11. The van der Waals surface area contributed by atoms with Gasteiger partial charge < -0.3 is 20.4 Å². The fourth-order valence-corrected chi connectivity index (χ4v) is 8.44. The summed E-state index contributed by atoms with van der Waals surface area (Å²) in [6.07, 6.45) is 0. The number of aromatic hydroxyl groups is 3. The van der Waals surface area contributed by atoms with Crippen LogP contribution in [0.4, 0.5) is 34.1 Å². The minimum absolute atomic E-state index is 0.00398. The van der Waals surface area contributed by atoms with E-state index in [1.807, 2.05) is 0 Å². The Morgan fingerprint density at radius 1 is 0.508 bits per heavy atom. The first-order valence-electron chi connectivity index (χ1n) is 17.3. The topological polar surface area (TPSA) is 407 Å². The summed E-state index contributed by atoms with van der Waals surface area (Å²) in [4.78, 5) is 8.93. The van der Waals surface area contributed by atoms with Gasteiger partial charge in [0.1, 0.15) is 26.9 Å². The molecule has 0 fully saturated rings. The van der Waals surface area contributed by atoms with Gasteiger partial charge in [0.05, 0.1) is 32.5 Å². The second-order valence-corrected chi connectivity index (χ2v) is 18.8. The van der Waals surface area contributed by atoms with Gasteiger partial charge in [-0.2, -0.15) is 58.8 Å². The molecule has 0 atom stereocenters. The van der Waals surface area contributed by atoms with Gasteiger partial charge in [-0.15, -0.1) is 15.3 Å². The summed E-state index contributed by atoms with van der Waals surface area (Å²) in [5.41, 5.74) is -2.79. The molecule has 29 heteroatoms. The predicted octanol–water partition coefficient (Wildman–Crippen LogP) is 7.23. The summed E-state index contributed by atoms with van der Waals surface area (Å²) in [5.74, 6) is -4.00. The van der Waals surface area contributed by atoms with Gasteiger partial charge in [0.15, 0.2) is 11.4 Å². The minimum Gasteiger partial charge on any atom is -0.506 e. The summed E-state index contributed by atoms with van der Waals surface area (Å²) in [7, 11) is -19.5. The smallest absolute Gasteiger partial charge is 0.358 e. The molecule has 1 aromatic heterocycles. The zero-order valence-electron chi connectivity index (χ0n) is 31.7. The Bertz CT molecular complexity index is 3730. The van der Waals surface area contributed by atoms with E-state index in [1.54, 1.807) is 0 Å². The normalized spacial score (nSPS) is 12.9. The lowest BCUT2D eigenvalue weighted by molar-refractivity contribution is 0.0690. The second-order valence-electron chi connectivity index (χ2n) is 13.2. The van der Waals surface area contributed by atoms with Gasteiger partial charge in [-0.05, 0) is 89.6 Å². The maximum atomic E-state index is 12.4. The fourth-order valence-electron chi connectivity index (χ4n) is 5.96. The van der Waals surface area contributed by atoms with Gasteiger partial charge >= 0.3 is 5.97 Å². The number of phenolic OH excluding ortho intramolecular Hbond substituents is 2. The van der Waals surface area contributed by atoms with E-state index in [-0.39, 0.29) is 50.0 Å². The first kappa shape index (κ1) is 45.4. The van der Waals surface area contributed by atoms with E-state index < -0.39 is 100 Å². The third-order valence-electron chi connectivity index (χ3n) is 8.95. The number of hydrogen-bond donors (Lipinski definition) is 8. The number of benzene rings is 6. The van der Waals surface area contributed by atoms with Crippen molar-refractivity contribution in [3.8, 4) is 23.1 Å². The number of aromatic nitrogens is 2. The molecule has 7 aromatic rings. The molecule has 0 aliphatic carbocycles. The molecule has 6 aromatic carbocycles. The zero-order chi connectivity index (χ0) is 47.4. The van der Waals surface area contributed by atoms with Crippen LogP contribution in [-0.2, 0) is 40.5 Å². The molecule has 8 N–H and O–H groups in total. The highest BCUT2D eigenvalue weighted by atomic mass is 32.2. The van der Waals surface area contributed by atoms with Crippen LogP contribution in [-0.4, -0.2) is 88.1 Å². The Morgan fingerprint density at radius 2 is 1.03 bits per heavy atom. The maximum Gasteiger partial charge on any atom is 0.358 e. The van der Waals surface area contributed by atoms with E-state index in [0.29, 0.717) is 10.7 Å². The summed E-state index contributed by atoms with van der Waals surface area (Å²) in [6, 6.07) is 17.3. The Kier molecular flexibility index (Phi) is 11.5. The van der Waals surface area contributed by atoms with Gasteiger partial charge in [0, 0.05) is 16.8 Å². The van der Waals surface area contributed by atoms with Gasteiger partial charge in [0.2, 0.25) is 11.6 Å². The van der Waals surface area contributed by atoms with Crippen molar-refractivity contribution in [1.82, 2.24) is 9.78 Å². The van der Waals surface area contributed by atoms with Crippen molar-refractivity contribution in [1.29, 1.82) is 0 Å². The largest absolute Gasteiger partial charge is 0.506 e. The highest BCUT2D eigenvalue weighted by Crippen LogP contribution is 2.44. The molecule has 334 valence electrons. The number of azo groups is 3. The molecule has 65 heavy (non-hydrogen) atoms. The van der Waals surface area contributed by atoms with Crippen LogP contribution >= 0.6 is 0 Å². The van der Waals surface area contributed by atoms with Crippen molar-refractivity contribution in [2.75, 3.05) is 0 Å².